The zero-order valence-corrected chi connectivity index (χ0v) is 13.9. The predicted octanol–water partition coefficient (Wildman–Crippen LogP) is 3.78. The number of benzene rings is 2. The minimum atomic E-state index is 0.0115. The molecule has 1 N–H and O–H groups in total. The fraction of sp³-hybridized carbons (Fsp3) is 0.350. The van der Waals surface area contributed by atoms with Gasteiger partial charge in [-0.3, -0.25) is 4.79 Å². The predicted molar refractivity (Wildman–Crippen MR) is 94.9 cm³/mol. The average molecular weight is 308 g/mol. The number of para-hydroxylation sites is 1. The zero-order chi connectivity index (χ0) is 16.2. The standard InChI is InChI=1S/C20H24N2O/c1-3-15(2)21-20(23)18-10-8-16(9-11-18)14-22-13-12-17-6-4-5-7-19(17)22/h4-11,15H,3,12-14H2,1-2H3,(H,21,23)/t15-/m1/s1. The third kappa shape index (κ3) is 3.55. The van der Waals surface area contributed by atoms with Gasteiger partial charge < -0.3 is 10.2 Å². The molecular weight excluding hydrogens is 284 g/mol. The van der Waals surface area contributed by atoms with Crippen LogP contribution >= 0.6 is 0 Å². The van der Waals surface area contributed by atoms with Crippen LogP contribution in [-0.4, -0.2) is 18.5 Å². The van der Waals surface area contributed by atoms with Crippen LogP contribution in [0.15, 0.2) is 48.5 Å². The fourth-order valence-corrected chi connectivity index (χ4v) is 2.96. The molecule has 1 aliphatic heterocycles. The molecule has 1 aliphatic rings. The molecule has 23 heavy (non-hydrogen) atoms. The molecule has 0 saturated carbocycles. The van der Waals surface area contributed by atoms with Gasteiger partial charge in [-0.1, -0.05) is 37.3 Å². The molecular formula is C20H24N2O. The van der Waals surface area contributed by atoms with Crippen molar-refractivity contribution in [2.75, 3.05) is 11.4 Å². The van der Waals surface area contributed by atoms with Gasteiger partial charge in [0.2, 0.25) is 0 Å². The summed E-state index contributed by atoms with van der Waals surface area (Å²) in [6.07, 6.45) is 2.06. The van der Waals surface area contributed by atoms with Crippen molar-refractivity contribution in [1.29, 1.82) is 0 Å². The maximum atomic E-state index is 12.1. The van der Waals surface area contributed by atoms with E-state index in [1.54, 1.807) is 0 Å². The van der Waals surface area contributed by atoms with Gasteiger partial charge >= 0.3 is 0 Å². The third-order valence-electron chi connectivity index (χ3n) is 4.56. The Hall–Kier alpha value is -2.29. The lowest BCUT2D eigenvalue weighted by Crippen LogP contribution is -2.31. The van der Waals surface area contributed by atoms with Gasteiger partial charge in [0, 0.05) is 30.4 Å². The Bertz CT molecular complexity index is 678. The molecule has 0 saturated heterocycles. The zero-order valence-electron chi connectivity index (χ0n) is 13.9. The second-order valence-electron chi connectivity index (χ2n) is 6.28. The Balaban J connectivity index is 1.66. The molecule has 0 bridgehead atoms. The highest BCUT2D eigenvalue weighted by molar-refractivity contribution is 5.94. The van der Waals surface area contributed by atoms with Crippen molar-refractivity contribution in [3.8, 4) is 0 Å². The molecule has 2 aromatic rings. The normalized spacial score (nSPS) is 14.4. The van der Waals surface area contributed by atoms with Crippen LogP contribution in [0.3, 0.4) is 0 Å². The third-order valence-corrected chi connectivity index (χ3v) is 4.56. The van der Waals surface area contributed by atoms with Crippen LogP contribution in [0.4, 0.5) is 5.69 Å². The molecule has 2 aromatic carbocycles. The summed E-state index contributed by atoms with van der Waals surface area (Å²) in [7, 11) is 0. The first kappa shape index (κ1) is 15.6. The monoisotopic (exact) mass is 308 g/mol. The van der Waals surface area contributed by atoms with E-state index >= 15 is 0 Å². The van der Waals surface area contributed by atoms with Gasteiger partial charge in [-0.15, -0.1) is 0 Å². The molecule has 0 spiro atoms. The molecule has 3 nitrogen and oxygen atoms in total. The van der Waals surface area contributed by atoms with Crippen molar-refractivity contribution in [2.24, 2.45) is 0 Å². The highest BCUT2D eigenvalue weighted by atomic mass is 16.1. The van der Waals surface area contributed by atoms with Crippen LogP contribution in [0.1, 0.15) is 41.8 Å². The lowest BCUT2D eigenvalue weighted by atomic mass is 10.1. The van der Waals surface area contributed by atoms with E-state index in [-0.39, 0.29) is 11.9 Å². The number of carbonyl (C=O) groups excluding carboxylic acids is 1. The number of fused-ring (bicyclic) bond motifs is 1. The first-order chi connectivity index (χ1) is 11.2. The van der Waals surface area contributed by atoms with E-state index in [9.17, 15) is 4.79 Å². The number of anilines is 1. The van der Waals surface area contributed by atoms with Crippen LogP contribution < -0.4 is 10.2 Å². The molecule has 0 fully saturated rings. The van der Waals surface area contributed by atoms with E-state index in [0.717, 1.165) is 31.5 Å². The van der Waals surface area contributed by atoms with Crippen LogP contribution in [0.5, 0.6) is 0 Å². The van der Waals surface area contributed by atoms with E-state index in [4.69, 9.17) is 0 Å². The first-order valence-electron chi connectivity index (χ1n) is 8.40. The number of rotatable bonds is 5. The topological polar surface area (TPSA) is 32.3 Å². The Morgan fingerprint density at radius 3 is 2.65 bits per heavy atom. The van der Waals surface area contributed by atoms with Crippen molar-refractivity contribution in [3.63, 3.8) is 0 Å². The highest BCUT2D eigenvalue weighted by Crippen LogP contribution is 2.28. The summed E-state index contributed by atoms with van der Waals surface area (Å²) >= 11 is 0. The van der Waals surface area contributed by atoms with E-state index in [1.165, 1.54) is 16.8 Å². The van der Waals surface area contributed by atoms with E-state index < -0.39 is 0 Å². The van der Waals surface area contributed by atoms with Gasteiger partial charge in [-0.05, 0) is 49.1 Å². The van der Waals surface area contributed by atoms with Crippen molar-refractivity contribution in [1.82, 2.24) is 5.32 Å². The quantitative estimate of drug-likeness (QED) is 0.911. The van der Waals surface area contributed by atoms with Gasteiger partial charge in [-0.2, -0.15) is 0 Å². The van der Waals surface area contributed by atoms with Gasteiger partial charge in [-0.25, -0.2) is 0 Å². The summed E-state index contributed by atoms with van der Waals surface area (Å²) in [6.45, 7) is 6.05. The molecule has 0 aromatic heterocycles. The second-order valence-corrected chi connectivity index (χ2v) is 6.28. The number of nitrogens with one attached hydrogen (secondary N) is 1. The molecule has 1 heterocycles. The first-order valence-corrected chi connectivity index (χ1v) is 8.40. The van der Waals surface area contributed by atoms with Crippen LogP contribution in [0.25, 0.3) is 0 Å². The molecule has 1 amide bonds. The molecule has 3 rings (SSSR count). The lowest BCUT2D eigenvalue weighted by molar-refractivity contribution is 0.0939. The minimum absolute atomic E-state index is 0.0115. The molecule has 1 atom stereocenters. The van der Waals surface area contributed by atoms with Gasteiger partial charge in [0.05, 0.1) is 0 Å². The Morgan fingerprint density at radius 1 is 1.17 bits per heavy atom. The van der Waals surface area contributed by atoms with Gasteiger partial charge in [0.15, 0.2) is 0 Å². The molecule has 0 unspecified atom stereocenters. The number of hydrogen-bond acceptors (Lipinski definition) is 2. The Morgan fingerprint density at radius 2 is 1.91 bits per heavy atom. The van der Waals surface area contributed by atoms with E-state index in [1.807, 2.05) is 19.1 Å². The van der Waals surface area contributed by atoms with Crippen LogP contribution in [-0.2, 0) is 13.0 Å². The maximum Gasteiger partial charge on any atom is 0.251 e. The van der Waals surface area contributed by atoms with Crippen LogP contribution in [0, 0.1) is 0 Å². The van der Waals surface area contributed by atoms with Crippen molar-refractivity contribution < 1.29 is 4.79 Å². The van der Waals surface area contributed by atoms with E-state index in [2.05, 4.69) is 53.5 Å². The highest BCUT2D eigenvalue weighted by Gasteiger charge is 2.18. The minimum Gasteiger partial charge on any atom is -0.367 e. The SMILES string of the molecule is CC[C@@H](C)NC(=O)c1ccc(CN2CCc3ccccc32)cc1. The fourth-order valence-electron chi connectivity index (χ4n) is 2.96. The Labute approximate surface area is 138 Å². The molecule has 3 heteroatoms. The molecule has 0 aliphatic carbocycles. The second kappa shape index (κ2) is 6.86. The summed E-state index contributed by atoms with van der Waals surface area (Å²) in [5.74, 6) is 0.0115. The Kier molecular flexibility index (Phi) is 4.65. The summed E-state index contributed by atoms with van der Waals surface area (Å²) in [5.41, 5.74) is 4.74. The van der Waals surface area contributed by atoms with E-state index in [0.29, 0.717) is 0 Å². The number of nitrogens with zero attached hydrogens (tertiary/aromatic N) is 1. The summed E-state index contributed by atoms with van der Waals surface area (Å²) in [6, 6.07) is 16.8. The lowest BCUT2D eigenvalue weighted by Gasteiger charge is -2.19. The average Bonchev–Trinajstić information content (AvgIpc) is 2.98. The summed E-state index contributed by atoms with van der Waals surface area (Å²) in [4.78, 5) is 14.5. The van der Waals surface area contributed by atoms with Crippen LogP contribution in [0.2, 0.25) is 0 Å². The number of carbonyl (C=O) groups is 1. The van der Waals surface area contributed by atoms with Crippen molar-refractivity contribution in [3.05, 3.63) is 65.2 Å². The van der Waals surface area contributed by atoms with Crippen molar-refractivity contribution in [2.45, 2.75) is 39.3 Å². The summed E-state index contributed by atoms with van der Waals surface area (Å²) in [5, 5.41) is 3.00. The summed E-state index contributed by atoms with van der Waals surface area (Å²) < 4.78 is 0. The largest absolute Gasteiger partial charge is 0.367 e. The molecule has 0 radical (unpaired) electrons. The maximum absolute atomic E-state index is 12.1. The van der Waals surface area contributed by atoms with Gasteiger partial charge in [0.25, 0.3) is 5.91 Å². The smallest absolute Gasteiger partial charge is 0.251 e. The number of amides is 1. The molecule has 120 valence electrons. The number of hydrogen-bond donors (Lipinski definition) is 1. The van der Waals surface area contributed by atoms with Gasteiger partial charge in [0.1, 0.15) is 0 Å². The van der Waals surface area contributed by atoms with Crippen molar-refractivity contribution >= 4 is 11.6 Å².